The van der Waals surface area contributed by atoms with Crippen molar-refractivity contribution in [3.8, 4) is 6.07 Å². The molecule has 1 saturated heterocycles. The van der Waals surface area contributed by atoms with Gasteiger partial charge < -0.3 is 16.2 Å². The molecule has 0 spiro atoms. The largest absolute Gasteiger partial charge is 0.480 e. The van der Waals surface area contributed by atoms with Gasteiger partial charge in [-0.15, -0.1) is 0 Å². The second kappa shape index (κ2) is 10.9. The number of aliphatic carboxylic acids is 1. The van der Waals surface area contributed by atoms with Crippen molar-refractivity contribution in [2.45, 2.75) is 63.7 Å². The maximum atomic E-state index is 15.7. The summed E-state index contributed by atoms with van der Waals surface area (Å²) in [6.45, 7) is 6.81. The summed E-state index contributed by atoms with van der Waals surface area (Å²) in [5.74, 6) is -5.35. The van der Waals surface area contributed by atoms with Gasteiger partial charge in [0.2, 0.25) is 5.91 Å². The first kappa shape index (κ1) is 29.4. The highest BCUT2D eigenvalue weighted by atomic mass is 35.5. The number of halogens is 3. The van der Waals surface area contributed by atoms with E-state index in [0.717, 1.165) is 6.92 Å². The van der Waals surface area contributed by atoms with Crippen molar-refractivity contribution in [3.05, 3.63) is 69.5 Å². The number of carbonyl (C=O) groups excluding carboxylic acids is 2. The van der Waals surface area contributed by atoms with Crippen LogP contribution in [0.25, 0.3) is 0 Å². The van der Waals surface area contributed by atoms with Crippen LogP contribution in [-0.2, 0) is 19.8 Å². The highest BCUT2D eigenvalue weighted by Crippen LogP contribution is 2.56. The number of carbonyl (C=O) groups is 3. The molecule has 0 bridgehead atoms. The summed E-state index contributed by atoms with van der Waals surface area (Å²) in [6, 6.07) is 10.0. The van der Waals surface area contributed by atoms with E-state index in [4.69, 9.17) is 28.9 Å². The normalized spacial score (nSPS) is 24.4. The molecule has 2 aromatic rings. The van der Waals surface area contributed by atoms with Crippen LogP contribution >= 0.6 is 23.2 Å². The molecule has 0 radical (unpaired) electrons. The van der Waals surface area contributed by atoms with Crippen LogP contribution in [0.1, 0.15) is 51.2 Å². The third-order valence-electron chi connectivity index (χ3n) is 6.80. The first-order valence-corrected chi connectivity index (χ1v) is 12.6. The van der Waals surface area contributed by atoms with Crippen molar-refractivity contribution in [1.82, 2.24) is 10.2 Å². The van der Waals surface area contributed by atoms with Crippen molar-refractivity contribution < 1.29 is 23.9 Å². The van der Waals surface area contributed by atoms with Crippen LogP contribution in [0.5, 0.6) is 0 Å². The number of nitrogens with one attached hydrogen (secondary N) is 1. The molecule has 5 atom stereocenters. The van der Waals surface area contributed by atoms with Crippen LogP contribution < -0.4 is 11.1 Å². The fraction of sp³-hybridized carbons (Fsp3) is 0.407. The number of nitriles is 1. The number of benzene rings is 2. The van der Waals surface area contributed by atoms with Crippen LogP contribution in [0.15, 0.2) is 42.5 Å². The minimum absolute atomic E-state index is 0.117. The van der Waals surface area contributed by atoms with E-state index in [0.29, 0.717) is 10.6 Å². The average molecular weight is 563 g/mol. The molecule has 4 N–H and O–H groups in total. The molecular formula is C27H29Cl2FN4O4. The van der Waals surface area contributed by atoms with Gasteiger partial charge in [-0.25, -0.2) is 4.39 Å². The van der Waals surface area contributed by atoms with Crippen LogP contribution in [-0.4, -0.2) is 46.0 Å². The third-order valence-corrected chi connectivity index (χ3v) is 7.35. The molecule has 1 unspecified atom stereocenters. The van der Waals surface area contributed by atoms with E-state index in [-0.39, 0.29) is 17.0 Å². The van der Waals surface area contributed by atoms with Crippen molar-refractivity contribution in [1.29, 1.82) is 5.26 Å². The van der Waals surface area contributed by atoms with Gasteiger partial charge in [0, 0.05) is 23.9 Å². The van der Waals surface area contributed by atoms with Gasteiger partial charge in [0.05, 0.1) is 11.1 Å². The molecule has 1 fully saturated rings. The van der Waals surface area contributed by atoms with E-state index >= 15 is 4.39 Å². The molecule has 2 aromatic carbocycles. The number of primary amides is 1. The van der Waals surface area contributed by atoms with Crippen LogP contribution in [0.2, 0.25) is 10.0 Å². The summed E-state index contributed by atoms with van der Waals surface area (Å²) in [5, 5.41) is 24.1. The lowest BCUT2D eigenvalue weighted by Crippen LogP contribution is -2.62. The first-order chi connectivity index (χ1) is 17.7. The summed E-state index contributed by atoms with van der Waals surface area (Å²) in [6.07, 6.45) is -1.43. The SMILES string of the molecule is CC(=O)NC(C(N)=O)N1[C@@H](CC(C)(C)C)[C@](C#N)(c2ccc(Cl)cc2)[C@@H](c2cccc(Cl)c2F)[C@@H]1C(=O)O. The van der Waals surface area contributed by atoms with Crippen molar-refractivity contribution in [2.75, 3.05) is 0 Å². The maximum Gasteiger partial charge on any atom is 0.321 e. The lowest BCUT2D eigenvalue weighted by molar-refractivity contribution is -0.147. The number of rotatable bonds is 7. The molecule has 0 aliphatic carbocycles. The van der Waals surface area contributed by atoms with E-state index < -0.39 is 58.6 Å². The van der Waals surface area contributed by atoms with Gasteiger partial charge >= 0.3 is 5.97 Å². The summed E-state index contributed by atoms with van der Waals surface area (Å²) in [7, 11) is 0. The molecule has 0 saturated carbocycles. The molecule has 1 heterocycles. The molecule has 11 heteroatoms. The Morgan fingerprint density at radius 2 is 1.82 bits per heavy atom. The van der Waals surface area contributed by atoms with Crippen LogP contribution in [0.4, 0.5) is 4.39 Å². The van der Waals surface area contributed by atoms with Gasteiger partial charge in [-0.2, -0.15) is 5.26 Å². The summed E-state index contributed by atoms with van der Waals surface area (Å²) < 4.78 is 15.7. The van der Waals surface area contributed by atoms with Crippen molar-refractivity contribution in [2.24, 2.45) is 11.1 Å². The molecule has 8 nitrogen and oxygen atoms in total. The lowest BCUT2D eigenvalue weighted by Gasteiger charge is -2.41. The Balaban J connectivity index is 2.52. The van der Waals surface area contributed by atoms with Crippen LogP contribution in [0, 0.1) is 22.6 Å². The fourth-order valence-electron chi connectivity index (χ4n) is 5.48. The Morgan fingerprint density at radius 1 is 1.21 bits per heavy atom. The molecule has 1 aliphatic rings. The molecule has 202 valence electrons. The van der Waals surface area contributed by atoms with Gasteiger partial charge in [-0.1, -0.05) is 68.2 Å². The summed E-state index contributed by atoms with van der Waals surface area (Å²) in [5.41, 5.74) is 3.69. The fourth-order valence-corrected chi connectivity index (χ4v) is 5.79. The number of carboxylic acids is 1. The summed E-state index contributed by atoms with van der Waals surface area (Å²) in [4.78, 5) is 39.1. The number of amides is 2. The van der Waals surface area contributed by atoms with E-state index in [9.17, 15) is 24.8 Å². The van der Waals surface area contributed by atoms with Gasteiger partial charge in [-0.05, 0) is 41.2 Å². The Morgan fingerprint density at radius 3 is 2.29 bits per heavy atom. The van der Waals surface area contributed by atoms with E-state index in [1.807, 2.05) is 20.8 Å². The maximum absolute atomic E-state index is 15.7. The Kier molecular flexibility index (Phi) is 8.42. The molecule has 2 amide bonds. The predicted molar refractivity (Wildman–Crippen MR) is 141 cm³/mol. The Labute approximate surface area is 230 Å². The lowest BCUT2D eigenvalue weighted by atomic mass is 9.63. The monoisotopic (exact) mass is 562 g/mol. The zero-order valence-electron chi connectivity index (χ0n) is 21.3. The average Bonchev–Trinajstić information content (AvgIpc) is 3.08. The number of hydrogen-bond donors (Lipinski definition) is 3. The highest BCUT2D eigenvalue weighted by molar-refractivity contribution is 6.31. The van der Waals surface area contributed by atoms with E-state index in [1.54, 1.807) is 24.3 Å². The van der Waals surface area contributed by atoms with Gasteiger partial charge in [0.15, 0.2) is 6.17 Å². The predicted octanol–water partition coefficient (Wildman–Crippen LogP) is 4.20. The Bertz CT molecular complexity index is 1290. The van der Waals surface area contributed by atoms with Crippen molar-refractivity contribution in [3.63, 3.8) is 0 Å². The second-order valence-corrected chi connectivity index (χ2v) is 11.5. The van der Waals surface area contributed by atoms with E-state index in [2.05, 4.69) is 11.4 Å². The topological polar surface area (TPSA) is 137 Å². The van der Waals surface area contributed by atoms with Crippen LogP contribution in [0.3, 0.4) is 0 Å². The minimum Gasteiger partial charge on any atom is -0.480 e. The van der Waals surface area contributed by atoms with Gasteiger partial charge in [0.25, 0.3) is 5.91 Å². The molecule has 0 aromatic heterocycles. The van der Waals surface area contributed by atoms with Gasteiger partial charge in [-0.3, -0.25) is 19.3 Å². The zero-order chi connectivity index (χ0) is 28.6. The minimum atomic E-state index is -1.74. The zero-order valence-corrected chi connectivity index (χ0v) is 22.8. The standard InChI is InChI=1S/C27H29Cl2FN4O4/c1-14(35)33-24(23(32)36)34-19(12-26(2,3)4)27(13-31,15-8-10-16(28)11-9-15)20(22(34)25(37)38)17-6-5-7-18(29)21(17)30/h5-11,19-20,22,24H,12H2,1-4H3,(H2,32,36)(H,33,35)(H,37,38)/t19-,20-,22+,24?,27-/m0/s1. The Hall–Kier alpha value is -3.19. The smallest absolute Gasteiger partial charge is 0.321 e. The number of likely N-dealkylation sites (tertiary alicyclic amines) is 1. The quantitative estimate of drug-likeness (QED) is 0.462. The molecule has 1 aliphatic heterocycles. The molecular weight excluding hydrogens is 534 g/mol. The number of nitrogens with two attached hydrogens (primary N) is 1. The highest BCUT2D eigenvalue weighted by Gasteiger charge is 2.66. The number of hydrogen-bond acceptors (Lipinski definition) is 5. The first-order valence-electron chi connectivity index (χ1n) is 11.8. The van der Waals surface area contributed by atoms with Gasteiger partial charge in [0.1, 0.15) is 17.3 Å². The third kappa shape index (κ3) is 5.35. The second-order valence-electron chi connectivity index (χ2n) is 10.6. The van der Waals surface area contributed by atoms with E-state index in [1.165, 1.54) is 23.1 Å². The molecule has 38 heavy (non-hydrogen) atoms. The van der Waals surface area contributed by atoms with Crippen molar-refractivity contribution >= 4 is 41.0 Å². The number of carboxylic acid groups (broad SMARTS) is 1. The molecule has 3 rings (SSSR count). The number of nitrogens with zero attached hydrogens (tertiary/aromatic N) is 2. The summed E-state index contributed by atoms with van der Waals surface area (Å²) >= 11 is 12.2.